The zero-order valence-corrected chi connectivity index (χ0v) is 20.7. The van der Waals surface area contributed by atoms with Gasteiger partial charge in [-0.25, -0.2) is 0 Å². The molecule has 35 heavy (non-hydrogen) atoms. The van der Waals surface area contributed by atoms with E-state index in [9.17, 15) is 4.79 Å². The SMILES string of the molecule is COc1ccc(CN(C)c2ccc(C(C)C(=O)Nc3ccc(-c4ccnc(C)c4)cc3)cc2)cc1. The van der Waals surface area contributed by atoms with Crippen LogP contribution in [0.3, 0.4) is 0 Å². The van der Waals surface area contributed by atoms with Gasteiger partial charge in [-0.2, -0.15) is 0 Å². The Kier molecular flexibility index (Phi) is 7.46. The molecule has 4 rings (SSSR count). The van der Waals surface area contributed by atoms with Gasteiger partial charge in [-0.05, 0) is 84.6 Å². The number of hydrogen-bond acceptors (Lipinski definition) is 4. The summed E-state index contributed by atoms with van der Waals surface area (Å²) in [4.78, 5) is 19.3. The van der Waals surface area contributed by atoms with Crippen molar-refractivity contribution >= 4 is 17.3 Å². The summed E-state index contributed by atoms with van der Waals surface area (Å²) < 4.78 is 5.23. The van der Waals surface area contributed by atoms with Gasteiger partial charge >= 0.3 is 0 Å². The number of rotatable bonds is 8. The Morgan fingerprint density at radius 2 is 1.63 bits per heavy atom. The molecular weight excluding hydrogens is 434 g/mol. The molecule has 1 aromatic heterocycles. The lowest BCUT2D eigenvalue weighted by molar-refractivity contribution is -0.117. The first-order valence-electron chi connectivity index (χ1n) is 11.7. The first-order chi connectivity index (χ1) is 16.9. The summed E-state index contributed by atoms with van der Waals surface area (Å²) >= 11 is 0. The van der Waals surface area contributed by atoms with Gasteiger partial charge in [0.25, 0.3) is 0 Å². The molecule has 1 N–H and O–H groups in total. The number of methoxy groups -OCH3 is 1. The molecule has 0 saturated heterocycles. The van der Waals surface area contributed by atoms with E-state index in [0.717, 1.165) is 46.1 Å². The number of anilines is 2. The van der Waals surface area contributed by atoms with Crippen molar-refractivity contribution < 1.29 is 9.53 Å². The summed E-state index contributed by atoms with van der Waals surface area (Å²) in [6.45, 7) is 4.69. The zero-order valence-electron chi connectivity index (χ0n) is 20.7. The average Bonchev–Trinajstić information content (AvgIpc) is 2.89. The van der Waals surface area contributed by atoms with Gasteiger partial charge in [-0.3, -0.25) is 9.78 Å². The number of nitrogens with zero attached hydrogens (tertiary/aromatic N) is 2. The molecule has 1 amide bonds. The summed E-state index contributed by atoms with van der Waals surface area (Å²) in [5.74, 6) is 0.558. The number of benzene rings is 3. The molecule has 5 nitrogen and oxygen atoms in total. The van der Waals surface area contributed by atoms with Gasteiger partial charge < -0.3 is 15.0 Å². The number of carbonyl (C=O) groups is 1. The third-order valence-electron chi connectivity index (χ3n) is 6.19. The highest BCUT2D eigenvalue weighted by atomic mass is 16.5. The summed E-state index contributed by atoms with van der Waals surface area (Å²) in [5.41, 5.74) is 7.25. The highest BCUT2D eigenvalue weighted by Crippen LogP contribution is 2.25. The number of hydrogen-bond donors (Lipinski definition) is 1. The van der Waals surface area contributed by atoms with Gasteiger partial charge in [0.15, 0.2) is 0 Å². The van der Waals surface area contributed by atoms with Crippen molar-refractivity contribution in [3.05, 3.63) is 108 Å². The van der Waals surface area contributed by atoms with Crippen LogP contribution in [-0.4, -0.2) is 25.0 Å². The number of nitrogens with one attached hydrogen (secondary N) is 1. The Morgan fingerprint density at radius 3 is 2.26 bits per heavy atom. The van der Waals surface area contributed by atoms with Crippen LogP contribution >= 0.6 is 0 Å². The van der Waals surface area contributed by atoms with Crippen molar-refractivity contribution in [2.24, 2.45) is 0 Å². The second-order valence-electron chi connectivity index (χ2n) is 8.77. The molecule has 5 heteroatoms. The summed E-state index contributed by atoms with van der Waals surface area (Å²) in [6, 6.07) is 28.2. The molecule has 1 atom stereocenters. The fraction of sp³-hybridized carbons (Fsp3) is 0.200. The second kappa shape index (κ2) is 10.9. The van der Waals surface area contributed by atoms with Gasteiger partial charge in [0.1, 0.15) is 5.75 Å². The maximum absolute atomic E-state index is 12.9. The van der Waals surface area contributed by atoms with Crippen LogP contribution in [0.15, 0.2) is 91.1 Å². The van der Waals surface area contributed by atoms with Gasteiger partial charge in [-0.15, -0.1) is 0 Å². The number of aromatic nitrogens is 1. The maximum atomic E-state index is 12.9. The smallest absolute Gasteiger partial charge is 0.231 e. The van der Waals surface area contributed by atoms with E-state index in [2.05, 4.69) is 46.5 Å². The number of pyridine rings is 1. The van der Waals surface area contributed by atoms with E-state index in [1.807, 2.05) is 80.7 Å². The molecule has 178 valence electrons. The maximum Gasteiger partial charge on any atom is 0.231 e. The van der Waals surface area contributed by atoms with Crippen molar-refractivity contribution in [2.45, 2.75) is 26.3 Å². The van der Waals surface area contributed by atoms with Crippen LogP contribution in [0, 0.1) is 6.92 Å². The molecule has 4 aromatic rings. The number of amides is 1. The van der Waals surface area contributed by atoms with Crippen molar-refractivity contribution in [2.75, 3.05) is 24.4 Å². The van der Waals surface area contributed by atoms with Crippen molar-refractivity contribution in [3.63, 3.8) is 0 Å². The van der Waals surface area contributed by atoms with Crippen LogP contribution in [0.5, 0.6) is 5.75 Å². The van der Waals surface area contributed by atoms with E-state index in [4.69, 9.17) is 4.74 Å². The van der Waals surface area contributed by atoms with Crippen molar-refractivity contribution in [3.8, 4) is 16.9 Å². The number of aryl methyl sites for hydroxylation is 1. The van der Waals surface area contributed by atoms with E-state index in [-0.39, 0.29) is 11.8 Å². The summed E-state index contributed by atoms with van der Waals surface area (Å²) in [7, 11) is 3.73. The van der Waals surface area contributed by atoms with E-state index >= 15 is 0 Å². The molecule has 0 aliphatic heterocycles. The van der Waals surface area contributed by atoms with Crippen LogP contribution in [-0.2, 0) is 11.3 Å². The molecule has 0 spiro atoms. The van der Waals surface area contributed by atoms with Crippen molar-refractivity contribution in [1.29, 1.82) is 0 Å². The summed E-state index contributed by atoms with van der Waals surface area (Å²) in [5, 5.41) is 3.04. The molecular formula is C30H31N3O2. The topological polar surface area (TPSA) is 54.5 Å². The lowest BCUT2D eigenvalue weighted by Crippen LogP contribution is -2.19. The molecule has 0 aliphatic carbocycles. The minimum atomic E-state index is -0.265. The van der Waals surface area contributed by atoms with Gasteiger partial charge in [-0.1, -0.05) is 36.4 Å². The summed E-state index contributed by atoms with van der Waals surface area (Å²) in [6.07, 6.45) is 1.81. The molecule has 1 heterocycles. The van der Waals surface area contributed by atoms with Crippen LogP contribution in [0.4, 0.5) is 11.4 Å². The lowest BCUT2D eigenvalue weighted by Gasteiger charge is -2.21. The molecule has 1 unspecified atom stereocenters. The monoisotopic (exact) mass is 465 g/mol. The largest absolute Gasteiger partial charge is 0.497 e. The molecule has 3 aromatic carbocycles. The normalized spacial score (nSPS) is 11.5. The highest BCUT2D eigenvalue weighted by molar-refractivity contribution is 5.95. The zero-order chi connectivity index (χ0) is 24.8. The van der Waals surface area contributed by atoms with Crippen LogP contribution in [0.2, 0.25) is 0 Å². The predicted octanol–water partition coefficient (Wildman–Crippen LogP) is 6.44. The Balaban J connectivity index is 1.36. The Hall–Kier alpha value is -4.12. The molecule has 0 bridgehead atoms. The van der Waals surface area contributed by atoms with Crippen molar-refractivity contribution in [1.82, 2.24) is 4.98 Å². The molecule has 0 radical (unpaired) electrons. The highest BCUT2D eigenvalue weighted by Gasteiger charge is 2.16. The Labute approximate surface area is 207 Å². The number of ether oxygens (including phenoxy) is 1. The van der Waals surface area contributed by atoms with Gasteiger partial charge in [0.2, 0.25) is 5.91 Å². The first-order valence-corrected chi connectivity index (χ1v) is 11.7. The fourth-order valence-corrected chi connectivity index (χ4v) is 3.99. The van der Waals surface area contributed by atoms with E-state index in [1.165, 1.54) is 5.56 Å². The molecule has 0 aliphatic rings. The first kappa shape index (κ1) is 24.0. The van der Waals surface area contributed by atoms with Crippen LogP contribution in [0.1, 0.15) is 29.7 Å². The lowest BCUT2D eigenvalue weighted by atomic mass is 9.99. The van der Waals surface area contributed by atoms with Gasteiger partial charge in [0, 0.05) is 36.9 Å². The average molecular weight is 466 g/mol. The third kappa shape index (κ3) is 6.07. The standard InChI is InChI=1S/C30H31N3O2/c1-21-19-26(17-18-31-21)25-7-11-27(12-8-25)32-30(34)22(2)24-9-13-28(14-10-24)33(3)20-23-5-15-29(35-4)16-6-23/h5-19,22H,20H2,1-4H3,(H,32,34). The minimum absolute atomic E-state index is 0.0307. The van der Waals surface area contributed by atoms with E-state index in [1.54, 1.807) is 7.11 Å². The quantitative estimate of drug-likeness (QED) is 0.325. The predicted molar refractivity (Wildman–Crippen MR) is 143 cm³/mol. The third-order valence-corrected chi connectivity index (χ3v) is 6.19. The number of carbonyl (C=O) groups excluding carboxylic acids is 1. The molecule has 0 saturated carbocycles. The second-order valence-corrected chi connectivity index (χ2v) is 8.77. The fourth-order valence-electron chi connectivity index (χ4n) is 3.99. The van der Waals surface area contributed by atoms with Gasteiger partial charge in [0.05, 0.1) is 13.0 Å². The molecule has 0 fully saturated rings. The van der Waals surface area contributed by atoms with Crippen LogP contribution < -0.4 is 15.0 Å². The Bertz CT molecular complexity index is 1270. The Morgan fingerprint density at radius 1 is 0.943 bits per heavy atom. The van der Waals surface area contributed by atoms with E-state index < -0.39 is 0 Å². The van der Waals surface area contributed by atoms with Crippen LogP contribution in [0.25, 0.3) is 11.1 Å². The minimum Gasteiger partial charge on any atom is -0.497 e. The van der Waals surface area contributed by atoms with E-state index in [0.29, 0.717) is 0 Å².